The first-order chi connectivity index (χ1) is 7.87. The second kappa shape index (κ2) is 5.08. The standard InChI is InChI=1S/C13H15F2NO/c1-9-5-4-6-11(7-9)8-10(2)13(14,15)12(17)16-3/h4-7H,2,8H2,1,3H3,(H,16,17). The van der Waals surface area contributed by atoms with Crippen LogP contribution in [0.1, 0.15) is 11.1 Å². The van der Waals surface area contributed by atoms with Gasteiger partial charge >= 0.3 is 5.92 Å². The average Bonchev–Trinajstić information content (AvgIpc) is 2.27. The second-order valence-corrected chi connectivity index (χ2v) is 3.92. The zero-order valence-electron chi connectivity index (χ0n) is 9.89. The summed E-state index contributed by atoms with van der Waals surface area (Å²) in [6.07, 6.45) is -0.0118. The summed E-state index contributed by atoms with van der Waals surface area (Å²) in [6.45, 7) is 5.19. The minimum Gasteiger partial charge on any atom is -0.354 e. The van der Waals surface area contributed by atoms with E-state index in [4.69, 9.17) is 0 Å². The topological polar surface area (TPSA) is 29.1 Å². The van der Waals surface area contributed by atoms with Gasteiger partial charge in [0, 0.05) is 12.6 Å². The van der Waals surface area contributed by atoms with Crippen molar-refractivity contribution in [1.82, 2.24) is 5.32 Å². The second-order valence-electron chi connectivity index (χ2n) is 3.92. The molecule has 0 heterocycles. The number of hydrogen-bond donors (Lipinski definition) is 1. The van der Waals surface area contributed by atoms with Gasteiger partial charge in [-0.25, -0.2) is 0 Å². The molecule has 1 amide bonds. The van der Waals surface area contributed by atoms with Crippen LogP contribution < -0.4 is 5.32 Å². The van der Waals surface area contributed by atoms with Gasteiger partial charge in [0.1, 0.15) is 0 Å². The molecular formula is C13H15F2NO. The van der Waals surface area contributed by atoms with E-state index < -0.39 is 17.4 Å². The van der Waals surface area contributed by atoms with E-state index in [-0.39, 0.29) is 6.42 Å². The number of alkyl halides is 2. The molecule has 0 spiro atoms. The van der Waals surface area contributed by atoms with E-state index in [1.54, 1.807) is 18.2 Å². The molecule has 0 unspecified atom stereocenters. The highest BCUT2D eigenvalue weighted by Gasteiger charge is 2.40. The number of aryl methyl sites for hydroxylation is 1. The average molecular weight is 239 g/mol. The fourth-order valence-electron chi connectivity index (χ4n) is 1.50. The summed E-state index contributed by atoms with van der Waals surface area (Å²) in [5, 5.41) is 1.93. The summed E-state index contributed by atoms with van der Waals surface area (Å²) in [7, 11) is 1.18. The van der Waals surface area contributed by atoms with Crippen molar-refractivity contribution in [3.05, 3.63) is 47.5 Å². The largest absolute Gasteiger partial charge is 0.354 e. The lowest BCUT2D eigenvalue weighted by atomic mass is 9.99. The van der Waals surface area contributed by atoms with Crippen molar-refractivity contribution in [1.29, 1.82) is 0 Å². The summed E-state index contributed by atoms with van der Waals surface area (Å²) in [4.78, 5) is 11.0. The first kappa shape index (κ1) is 13.4. The number of carbonyl (C=O) groups excluding carboxylic acids is 1. The minimum atomic E-state index is -3.53. The van der Waals surface area contributed by atoms with E-state index in [9.17, 15) is 13.6 Å². The van der Waals surface area contributed by atoms with Crippen LogP contribution in [0.25, 0.3) is 0 Å². The molecule has 2 nitrogen and oxygen atoms in total. The molecule has 1 aromatic carbocycles. The Kier molecular flexibility index (Phi) is 3.99. The van der Waals surface area contributed by atoms with Crippen molar-refractivity contribution >= 4 is 5.91 Å². The lowest BCUT2D eigenvalue weighted by Crippen LogP contribution is -2.39. The molecule has 0 aliphatic carbocycles. The van der Waals surface area contributed by atoms with Gasteiger partial charge in [-0.2, -0.15) is 8.78 Å². The summed E-state index contributed by atoms with van der Waals surface area (Å²) in [5.74, 6) is -4.85. The fourth-order valence-corrected chi connectivity index (χ4v) is 1.50. The smallest absolute Gasteiger partial charge is 0.345 e. The van der Waals surface area contributed by atoms with Gasteiger partial charge in [-0.05, 0) is 18.9 Å². The van der Waals surface area contributed by atoms with Crippen molar-refractivity contribution in [2.45, 2.75) is 19.3 Å². The SMILES string of the molecule is C=C(Cc1cccc(C)c1)C(F)(F)C(=O)NC. The Labute approximate surface area is 99.3 Å². The molecule has 1 rings (SSSR count). The van der Waals surface area contributed by atoms with Gasteiger partial charge in [-0.1, -0.05) is 36.4 Å². The normalized spacial score (nSPS) is 11.1. The molecule has 0 radical (unpaired) electrons. The van der Waals surface area contributed by atoms with Crippen molar-refractivity contribution in [2.24, 2.45) is 0 Å². The number of rotatable bonds is 4. The van der Waals surface area contributed by atoms with Crippen molar-refractivity contribution in [3.63, 3.8) is 0 Å². The van der Waals surface area contributed by atoms with Crippen LogP contribution in [0.4, 0.5) is 8.78 Å². The predicted octanol–water partition coefficient (Wildman–Crippen LogP) is 2.48. The summed E-state index contributed by atoms with van der Waals surface area (Å²) < 4.78 is 27.0. The third-order valence-electron chi connectivity index (χ3n) is 2.46. The van der Waals surface area contributed by atoms with Gasteiger partial charge in [0.05, 0.1) is 0 Å². The molecule has 4 heteroatoms. The zero-order valence-corrected chi connectivity index (χ0v) is 9.89. The van der Waals surface area contributed by atoms with Crippen LogP contribution in [0, 0.1) is 6.92 Å². The third-order valence-corrected chi connectivity index (χ3v) is 2.46. The highest BCUT2D eigenvalue weighted by Crippen LogP contribution is 2.26. The Morgan fingerprint density at radius 1 is 1.47 bits per heavy atom. The Balaban J connectivity index is 2.82. The summed E-state index contributed by atoms with van der Waals surface area (Å²) in [5.41, 5.74) is 1.31. The van der Waals surface area contributed by atoms with E-state index >= 15 is 0 Å². The quantitative estimate of drug-likeness (QED) is 0.803. The van der Waals surface area contributed by atoms with E-state index in [1.165, 1.54) is 7.05 Å². The van der Waals surface area contributed by atoms with Gasteiger partial charge in [0.25, 0.3) is 5.91 Å². The lowest BCUT2D eigenvalue weighted by Gasteiger charge is -2.17. The molecule has 0 aliphatic rings. The Morgan fingerprint density at radius 3 is 2.65 bits per heavy atom. The fraction of sp³-hybridized carbons (Fsp3) is 0.308. The lowest BCUT2D eigenvalue weighted by molar-refractivity contribution is -0.140. The van der Waals surface area contributed by atoms with Crippen LogP contribution in [0.2, 0.25) is 0 Å². The maximum atomic E-state index is 13.5. The first-order valence-electron chi connectivity index (χ1n) is 5.21. The van der Waals surface area contributed by atoms with E-state index in [2.05, 4.69) is 6.58 Å². The minimum absolute atomic E-state index is 0.0118. The predicted molar refractivity (Wildman–Crippen MR) is 63.0 cm³/mol. The van der Waals surface area contributed by atoms with Gasteiger partial charge in [0.2, 0.25) is 0 Å². The molecule has 1 aromatic rings. The highest BCUT2D eigenvalue weighted by molar-refractivity contribution is 5.86. The molecule has 0 saturated carbocycles. The number of nitrogens with one attached hydrogen (secondary N) is 1. The first-order valence-corrected chi connectivity index (χ1v) is 5.21. The number of halogens is 2. The van der Waals surface area contributed by atoms with Gasteiger partial charge in [0.15, 0.2) is 0 Å². The molecule has 0 fully saturated rings. The van der Waals surface area contributed by atoms with Crippen LogP contribution in [0.5, 0.6) is 0 Å². The van der Waals surface area contributed by atoms with Gasteiger partial charge in [-0.3, -0.25) is 4.79 Å². The van der Waals surface area contributed by atoms with Crippen molar-refractivity contribution in [3.8, 4) is 0 Å². The zero-order chi connectivity index (χ0) is 13.1. The third kappa shape index (κ3) is 3.12. The molecular weight excluding hydrogens is 224 g/mol. The van der Waals surface area contributed by atoms with E-state index in [1.807, 2.05) is 18.3 Å². The van der Waals surface area contributed by atoms with Gasteiger partial charge in [-0.15, -0.1) is 0 Å². The van der Waals surface area contributed by atoms with Crippen molar-refractivity contribution < 1.29 is 13.6 Å². The van der Waals surface area contributed by atoms with Crippen LogP contribution >= 0.6 is 0 Å². The van der Waals surface area contributed by atoms with Gasteiger partial charge < -0.3 is 5.32 Å². The number of hydrogen-bond acceptors (Lipinski definition) is 1. The Morgan fingerprint density at radius 2 is 2.12 bits per heavy atom. The van der Waals surface area contributed by atoms with Crippen LogP contribution in [0.15, 0.2) is 36.4 Å². The maximum absolute atomic E-state index is 13.5. The molecule has 0 aromatic heterocycles. The molecule has 0 bridgehead atoms. The van der Waals surface area contributed by atoms with E-state index in [0.29, 0.717) is 0 Å². The molecule has 0 saturated heterocycles. The Hall–Kier alpha value is -1.71. The van der Waals surface area contributed by atoms with E-state index in [0.717, 1.165) is 11.1 Å². The summed E-state index contributed by atoms with van der Waals surface area (Å²) >= 11 is 0. The van der Waals surface area contributed by atoms with Crippen LogP contribution in [-0.4, -0.2) is 18.9 Å². The number of amides is 1. The van der Waals surface area contributed by atoms with Crippen LogP contribution in [-0.2, 0) is 11.2 Å². The van der Waals surface area contributed by atoms with Crippen molar-refractivity contribution in [2.75, 3.05) is 7.05 Å². The van der Waals surface area contributed by atoms with Crippen LogP contribution in [0.3, 0.4) is 0 Å². The molecule has 0 aliphatic heterocycles. The monoisotopic (exact) mass is 239 g/mol. The maximum Gasteiger partial charge on any atom is 0.345 e. The molecule has 17 heavy (non-hydrogen) atoms. The molecule has 92 valence electrons. The molecule has 1 N–H and O–H groups in total. The highest BCUT2D eigenvalue weighted by atomic mass is 19.3. The number of benzene rings is 1. The molecule has 0 atom stereocenters. The summed E-state index contributed by atoms with van der Waals surface area (Å²) in [6, 6.07) is 7.20. The number of carbonyl (C=O) groups is 1. The Bertz CT molecular complexity index is 441.